The molecule has 0 amide bonds. The first-order valence-electron chi connectivity index (χ1n) is 17.0. The number of aromatic hydroxyl groups is 1. The molecule has 7 atom stereocenters. The lowest BCUT2D eigenvalue weighted by atomic mass is 9.46. The van der Waals surface area contributed by atoms with Crippen LogP contribution in [0.15, 0.2) is 41.0 Å². The molecule has 3 heterocycles. The Hall–Kier alpha value is -3.74. The first-order valence-corrected chi connectivity index (χ1v) is 18.5. The van der Waals surface area contributed by atoms with Crippen molar-refractivity contribution in [3.8, 4) is 17.2 Å². The summed E-state index contributed by atoms with van der Waals surface area (Å²) in [5, 5.41) is 19.7. The molecule has 1 unspecified atom stereocenters. The van der Waals surface area contributed by atoms with E-state index in [1.807, 2.05) is 46.8 Å². The molecule has 3 aliphatic heterocycles. The maximum atomic E-state index is 15.1. The molecule has 1 saturated heterocycles. The minimum absolute atomic E-state index is 0.0428. The number of ether oxygens (including phenoxy) is 3. The predicted molar refractivity (Wildman–Crippen MR) is 185 cm³/mol. The number of aliphatic carboxylic acids is 1. The topological polar surface area (TPSA) is 174 Å². The van der Waals surface area contributed by atoms with Crippen molar-refractivity contribution in [2.24, 2.45) is 17.8 Å². The average molecular weight is 711 g/mol. The highest BCUT2D eigenvalue weighted by Gasteiger charge is 2.86. The molecule has 0 radical (unpaired) electrons. The van der Waals surface area contributed by atoms with E-state index in [1.54, 1.807) is 19.9 Å². The van der Waals surface area contributed by atoms with E-state index >= 15 is 4.79 Å². The van der Waals surface area contributed by atoms with Gasteiger partial charge in [0.25, 0.3) is 10.1 Å². The number of phenols is 1. The van der Waals surface area contributed by atoms with E-state index in [4.69, 9.17) is 14.2 Å². The van der Waals surface area contributed by atoms with Crippen LogP contribution in [0.3, 0.4) is 0 Å². The molecule has 4 fully saturated rings. The van der Waals surface area contributed by atoms with Gasteiger partial charge in [0, 0.05) is 29.4 Å². The van der Waals surface area contributed by atoms with Gasteiger partial charge in [-0.1, -0.05) is 29.4 Å². The number of phenolic OH excluding ortho intramolecular Hbond substituents is 1. The molecule has 3 saturated carbocycles. The van der Waals surface area contributed by atoms with Crippen LogP contribution in [0.1, 0.15) is 103 Å². The Bertz CT molecular complexity index is 1940. The van der Waals surface area contributed by atoms with Crippen LogP contribution in [0.5, 0.6) is 17.2 Å². The van der Waals surface area contributed by atoms with Crippen LogP contribution in [0, 0.1) is 17.8 Å². The van der Waals surface area contributed by atoms with Crippen LogP contribution in [0.2, 0.25) is 0 Å². The number of carbonyl (C=O) groups excluding carboxylic acids is 2. The highest BCUT2D eigenvalue weighted by molar-refractivity contribution is 7.86. The number of benzene rings is 1. The van der Waals surface area contributed by atoms with E-state index in [9.17, 15) is 32.8 Å². The zero-order valence-corrected chi connectivity index (χ0v) is 30.6. The maximum absolute atomic E-state index is 15.1. The van der Waals surface area contributed by atoms with Gasteiger partial charge in [0.2, 0.25) is 0 Å². The van der Waals surface area contributed by atoms with Gasteiger partial charge in [0.05, 0.1) is 17.1 Å². The molecule has 4 bridgehead atoms. The van der Waals surface area contributed by atoms with Gasteiger partial charge < -0.3 is 24.4 Å². The zero-order chi connectivity index (χ0) is 36.9. The van der Waals surface area contributed by atoms with Crippen molar-refractivity contribution in [2.75, 3.05) is 0 Å². The van der Waals surface area contributed by atoms with E-state index in [0.717, 1.165) is 17.6 Å². The van der Waals surface area contributed by atoms with Crippen LogP contribution in [-0.4, -0.2) is 68.4 Å². The molecule has 1 aromatic carbocycles. The lowest BCUT2D eigenvalue weighted by Crippen LogP contribution is -2.81. The molecule has 11 nitrogen and oxygen atoms in total. The standard InChI is InChI=1S/C38H46O11S/c1-19(2)10-9-15-36(8)16-14-22-28(39)26-29(40)27-32(50(44,45)46)24-18-25-35(6,7)49-37(33(24)41,17-13-21(5)34(42)43)38(25,27)48-31(26)23(30(22)47-36)12-11-20(3)4/h10-11,13-14,16,24-25,27,32,39H,9,12,15,17-18H2,1-8H3,(H,42,43)(H,44,45,46)/b21-13-/t24-,25-,27?,32-,36+,37-,38-/m0/s1. The molecule has 6 aliphatic rings. The van der Waals surface area contributed by atoms with Gasteiger partial charge in [0.15, 0.2) is 22.8 Å². The normalized spacial score (nSPS) is 33.1. The molecule has 1 aromatic rings. The molecule has 3 N–H and O–H groups in total. The van der Waals surface area contributed by atoms with E-state index in [0.29, 0.717) is 17.7 Å². The van der Waals surface area contributed by atoms with Crippen LogP contribution in [0.4, 0.5) is 0 Å². The van der Waals surface area contributed by atoms with Crippen molar-refractivity contribution >= 4 is 33.7 Å². The highest BCUT2D eigenvalue weighted by atomic mass is 32.2. The number of hydrogen-bond acceptors (Lipinski definition) is 9. The lowest BCUT2D eigenvalue weighted by molar-refractivity contribution is -0.199. The average Bonchev–Trinajstić information content (AvgIpc) is 3.14. The molecular formula is C38H46O11S. The summed E-state index contributed by atoms with van der Waals surface area (Å²) in [6.07, 6.45) is 10.0. The summed E-state index contributed by atoms with van der Waals surface area (Å²) in [6, 6.07) is 0. The Morgan fingerprint density at radius 1 is 1.00 bits per heavy atom. The number of fused-ring (bicyclic) bond motifs is 2. The zero-order valence-electron chi connectivity index (χ0n) is 29.7. The van der Waals surface area contributed by atoms with E-state index in [-0.39, 0.29) is 41.7 Å². The molecule has 270 valence electrons. The van der Waals surface area contributed by atoms with Crippen molar-refractivity contribution in [2.45, 2.75) is 115 Å². The molecule has 3 aliphatic carbocycles. The van der Waals surface area contributed by atoms with E-state index in [1.165, 1.54) is 13.0 Å². The molecule has 12 heteroatoms. The molecule has 1 spiro atoms. The maximum Gasteiger partial charge on any atom is 0.330 e. The third-order valence-electron chi connectivity index (χ3n) is 11.4. The second-order valence-corrected chi connectivity index (χ2v) is 17.3. The first-order chi connectivity index (χ1) is 23.1. The van der Waals surface area contributed by atoms with Crippen LogP contribution < -0.4 is 9.47 Å². The Labute approximate surface area is 292 Å². The second-order valence-electron chi connectivity index (χ2n) is 15.7. The van der Waals surface area contributed by atoms with E-state index in [2.05, 4.69) is 6.08 Å². The SMILES string of the molecule is CC(C)=CCC[C@]1(C)C=Cc2c(O)c3c(c(CC=C(C)C)c2O1)O[C@]12C(C3=O)[C@@H](S(=O)(=O)O)[C@@H]3C[C@H]1C(C)(C)O[C@@]2(C/C=C(/C)C(=O)O)C3=O. The summed E-state index contributed by atoms with van der Waals surface area (Å²) < 4.78 is 57.5. The fourth-order valence-corrected chi connectivity index (χ4v) is 10.4. The number of carboxylic acids is 1. The van der Waals surface area contributed by atoms with Crippen molar-refractivity contribution in [3.63, 3.8) is 0 Å². The van der Waals surface area contributed by atoms with Gasteiger partial charge >= 0.3 is 5.97 Å². The minimum Gasteiger partial charge on any atom is -0.506 e. The van der Waals surface area contributed by atoms with Crippen molar-refractivity contribution in [1.29, 1.82) is 0 Å². The smallest absolute Gasteiger partial charge is 0.330 e. The first kappa shape index (κ1) is 36.1. The fraction of sp³-hybridized carbons (Fsp3) is 0.553. The van der Waals surface area contributed by atoms with Gasteiger partial charge in [-0.3, -0.25) is 14.1 Å². The fourth-order valence-electron chi connectivity index (χ4n) is 9.12. The van der Waals surface area contributed by atoms with Gasteiger partial charge in [-0.2, -0.15) is 8.42 Å². The second kappa shape index (κ2) is 11.6. The number of allylic oxidation sites excluding steroid dienone is 4. The lowest BCUT2D eigenvalue weighted by Gasteiger charge is -2.62. The largest absolute Gasteiger partial charge is 0.506 e. The molecular weight excluding hydrogens is 664 g/mol. The third kappa shape index (κ3) is 5.11. The van der Waals surface area contributed by atoms with Gasteiger partial charge in [0.1, 0.15) is 33.7 Å². The van der Waals surface area contributed by atoms with Gasteiger partial charge in [-0.05, 0) is 93.2 Å². The summed E-state index contributed by atoms with van der Waals surface area (Å²) >= 11 is 0. The molecule has 50 heavy (non-hydrogen) atoms. The summed E-state index contributed by atoms with van der Waals surface area (Å²) in [5.74, 6) is -6.64. The third-order valence-corrected chi connectivity index (χ3v) is 12.7. The number of rotatable bonds is 9. The summed E-state index contributed by atoms with van der Waals surface area (Å²) in [6.45, 7) is 14.6. The van der Waals surface area contributed by atoms with Crippen LogP contribution in [0.25, 0.3) is 6.08 Å². The summed E-state index contributed by atoms with van der Waals surface area (Å²) in [7, 11) is -5.04. The summed E-state index contributed by atoms with van der Waals surface area (Å²) in [4.78, 5) is 41.6. The molecule has 0 aromatic heterocycles. The number of carbonyl (C=O) groups is 3. The highest BCUT2D eigenvalue weighted by Crippen LogP contribution is 2.71. The van der Waals surface area contributed by atoms with Crippen molar-refractivity contribution < 1.29 is 51.8 Å². The number of carboxylic acid groups (broad SMARTS) is 1. The van der Waals surface area contributed by atoms with Gasteiger partial charge in [-0.15, -0.1) is 0 Å². The number of ketones is 2. The molecule has 7 rings (SSSR count). The Morgan fingerprint density at radius 3 is 2.26 bits per heavy atom. The van der Waals surface area contributed by atoms with Crippen molar-refractivity contribution in [1.82, 2.24) is 0 Å². The monoisotopic (exact) mass is 710 g/mol. The quantitative estimate of drug-likeness (QED) is 0.152. The Kier molecular flexibility index (Phi) is 8.40. The van der Waals surface area contributed by atoms with E-state index < -0.39 is 78.8 Å². The van der Waals surface area contributed by atoms with Crippen LogP contribution in [-0.2, 0) is 30.9 Å². The Balaban J connectivity index is 1.65. The predicted octanol–water partition coefficient (Wildman–Crippen LogP) is 6.19. The number of Topliss-reactive ketones (excluding diaryl/α,β-unsaturated/α-hetero) is 2. The minimum atomic E-state index is -5.04. The van der Waals surface area contributed by atoms with Crippen LogP contribution >= 0.6 is 0 Å². The number of hydrogen-bond donors (Lipinski definition) is 3. The van der Waals surface area contributed by atoms with Gasteiger partial charge in [-0.25, -0.2) is 4.79 Å². The Morgan fingerprint density at radius 2 is 1.66 bits per heavy atom. The van der Waals surface area contributed by atoms with Crippen molar-refractivity contribution in [3.05, 3.63) is 57.7 Å². The summed E-state index contributed by atoms with van der Waals surface area (Å²) in [5.41, 5.74) is -3.46.